The van der Waals surface area contributed by atoms with Crippen molar-refractivity contribution in [3.05, 3.63) is 0 Å². The molecule has 2 heterocycles. The molecule has 2 saturated heterocycles. The minimum absolute atomic E-state index is 0.475. The van der Waals surface area contributed by atoms with Crippen molar-refractivity contribution < 1.29 is 4.74 Å². The van der Waals surface area contributed by atoms with Crippen LogP contribution in [0.5, 0.6) is 0 Å². The third-order valence-corrected chi connectivity index (χ3v) is 5.39. The van der Waals surface area contributed by atoms with E-state index in [-0.39, 0.29) is 0 Å². The minimum atomic E-state index is 0.475. The van der Waals surface area contributed by atoms with Crippen LogP contribution in [0.4, 0.5) is 0 Å². The summed E-state index contributed by atoms with van der Waals surface area (Å²) >= 11 is 2.13. The Bertz CT molecular complexity index is 242. The summed E-state index contributed by atoms with van der Waals surface area (Å²) < 4.78 is 5.86. The Kier molecular flexibility index (Phi) is 5.80. The predicted octanol–water partition coefficient (Wildman–Crippen LogP) is 1.97. The van der Waals surface area contributed by atoms with E-state index in [9.17, 15) is 0 Å². The van der Waals surface area contributed by atoms with Crippen molar-refractivity contribution in [1.82, 2.24) is 10.2 Å². The highest BCUT2D eigenvalue weighted by atomic mass is 32.2. The van der Waals surface area contributed by atoms with Gasteiger partial charge in [0.05, 0.1) is 0 Å². The Morgan fingerprint density at radius 3 is 2.83 bits per heavy atom. The lowest BCUT2D eigenvalue weighted by molar-refractivity contribution is 0.0773. The Balaban J connectivity index is 1.61. The lowest BCUT2D eigenvalue weighted by Gasteiger charge is -2.26. The Morgan fingerprint density at radius 1 is 1.28 bits per heavy atom. The van der Waals surface area contributed by atoms with Crippen molar-refractivity contribution in [2.75, 3.05) is 45.1 Å². The van der Waals surface area contributed by atoms with E-state index in [2.05, 4.69) is 35.8 Å². The van der Waals surface area contributed by atoms with Gasteiger partial charge in [0.2, 0.25) is 0 Å². The lowest BCUT2D eigenvalue weighted by atomic mass is 10.1. The number of hydrogen-bond acceptors (Lipinski definition) is 4. The van der Waals surface area contributed by atoms with Crippen molar-refractivity contribution >= 4 is 11.8 Å². The number of nitrogens with zero attached hydrogens (tertiary/aromatic N) is 1. The van der Waals surface area contributed by atoms with Gasteiger partial charge in [-0.25, -0.2) is 0 Å². The number of rotatable bonds is 4. The smallest absolute Gasteiger partial charge is 0.0480 e. The standard InChI is InChI=1S/C14H28N2OS/c1-14(2)5-7-16(9-12-18-14)8-6-15-13-3-10-17-11-4-13/h13,15H,3-12H2,1-2H3. The van der Waals surface area contributed by atoms with E-state index >= 15 is 0 Å². The van der Waals surface area contributed by atoms with Crippen molar-refractivity contribution in [3.63, 3.8) is 0 Å². The summed E-state index contributed by atoms with van der Waals surface area (Å²) in [6.07, 6.45) is 3.68. The van der Waals surface area contributed by atoms with Crippen molar-refractivity contribution in [2.24, 2.45) is 0 Å². The molecule has 0 bridgehead atoms. The van der Waals surface area contributed by atoms with Crippen LogP contribution in [0.1, 0.15) is 33.1 Å². The van der Waals surface area contributed by atoms with Crippen LogP contribution < -0.4 is 5.32 Å². The van der Waals surface area contributed by atoms with Gasteiger partial charge in [-0.2, -0.15) is 11.8 Å². The molecule has 2 aliphatic heterocycles. The number of hydrogen-bond donors (Lipinski definition) is 1. The maximum absolute atomic E-state index is 5.38. The summed E-state index contributed by atoms with van der Waals surface area (Å²) in [5.74, 6) is 1.28. The fraction of sp³-hybridized carbons (Fsp3) is 1.00. The second-order valence-corrected chi connectivity index (χ2v) is 7.84. The molecular weight excluding hydrogens is 244 g/mol. The van der Waals surface area contributed by atoms with Gasteiger partial charge in [-0.05, 0) is 25.8 Å². The van der Waals surface area contributed by atoms with Crippen LogP contribution in [-0.4, -0.2) is 60.8 Å². The van der Waals surface area contributed by atoms with Gasteiger partial charge in [-0.1, -0.05) is 13.8 Å². The molecule has 2 fully saturated rings. The average Bonchev–Trinajstić information content (AvgIpc) is 2.52. The van der Waals surface area contributed by atoms with Crippen LogP contribution in [0, 0.1) is 0 Å². The third kappa shape index (κ3) is 5.08. The Labute approximate surface area is 116 Å². The summed E-state index contributed by atoms with van der Waals surface area (Å²) in [7, 11) is 0. The third-order valence-electron chi connectivity index (χ3n) is 4.01. The molecule has 3 nitrogen and oxygen atoms in total. The van der Waals surface area contributed by atoms with Gasteiger partial charge in [0.25, 0.3) is 0 Å². The van der Waals surface area contributed by atoms with Gasteiger partial charge in [0, 0.05) is 49.4 Å². The zero-order valence-corrected chi connectivity index (χ0v) is 12.7. The molecule has 1 N–H and O–H groups in total. The summed E-state index contributed by atoms with van der Waals surface area (Å²) in [5.41, 5.74) is 0. The maximum Gasteiger partial charge on any atom is 0.0480 e. The molecule has 0 atom stereocenters. The first-order valence-electron chi connectivity index (χ1n) is 7.33. The molecular formula is C14H28N2OS. The number of thioether (sulfide) groups is 1. The number of nitrogens with one attached hydrogen (secondary N) is 1. The van der Waals surface area contributed by atoms with Crippen molar-refractivity contribution in [3.8, 4) is 0 Å². The molecule has 106 valence electrons. The normalized spacial score (nSPS) is 27.0. The van der Waals surface area contributed by atoms with Crippen molar-refractivity contribution in [1.29, 1.82) is 0 Å². The highest BCUT2D eigenvalue weighted by molar-refractivity contribution is 8.00. The highest BCUT2D eigenvalue weighted by Gasteiger charge is 2.23. The fourth-order valence-corrected chi connectivity index (χ4v) is 3.75. The Hall–Kier alpha value is 0.230. The second kappa shape index (κ2) is 7.13. The largest absolute Gasteiger partial charge is 0.381 e. The Morgan fingerprint density at radius 2 is 2.06 bits per heavy atom. The van der Waals surface area contributed by atoms with Crippen LogP contribution >= 0.6 is 11.8 Å². The molecule has 2 aliphatic rings. The van der Waals surface area contributed by atoms with Gasteiger partial charge in [0.1, 0.15) is 0 Å². The van der Waals surface area contributed by atoms with E-state index in [1.807, 2.05) is 0 Å². The van der Waals surface area contributed by atoms with Crippen molar-refractivity contribution in [2.45, 2.75) is 43.9 Å². The van der Waals surface area contributed by atoms with E-state index in [1.54, 1.807) is 0 Å². The molecule has 2 rings (SSSR count). The van der Waals surface area contributed by atoms with Gasteiger partial charge in [0.15, 0.2) is 0 Å². The molecule has 0 aromatic carbocycles. The molecule has 0 unspecified atom stereocenters. The first-order chi connectivity index (χ1) is 8.66. The molecule has 0 aromatic rings. The molecule has 0 saturated carbocycles. The molecule has 0 aromatic heterocycles. The molecule has 18 heavy (non-hydrogen) atoms. The first-order valence-corrected chi connectivity index (χ1v) is 8.32. The molecule has 0 amide bonds. The van der Waals surface area contributed by atoms with E-state index < -0.39 is 0 Å². The first kappa shape index (κ1) is 14.6. The maximum atomic E-state index is 5.38. The van der Waals surface area contributed by atoms with E-state index in [0.717, 1.165) is 19.8 Å². The SMILES string of the molecule is CC1(C)CCN(CCNC2CCOCC2)CCS1. The highest BCUT2D eigenvalue weighted by Crippen LogP contribution is 2.30. The van der Waals surface area contributed by atoms with Gasteiger partial charge < -0.3 is 15.0 Å². The second-order valence-electron chi connectivity index (χ2n) is 6.04. The topological polar surface area (TPSA) is 24.5 Å². The molecule has 0 aliphatic carbocycles. The number of ether oxygens (including phenoxy) is 1. The minimum Gasteiger partial charge on any atom is -0.381 e. The van der Waals surface area contributed by atoms with E-state index in [4.69, 9.17) is 4.74 Å². The zero-order valence-electron chi connectivity index (χ0n) is 11.9. The van der Waals surface area contributed by atoms with Gasteiger partial charge >= 0.3 is 0 Å². The van der Waals surface area contributed by atoms with Gasteiger partial charge in [-0.15, -0.1) is 0 Å². The van der Waals surface area contributed by atoms with Gasteiger partial charge in [-0.3, -0.25) is 0 Å². The lowest BCUT2D eigenvalue weighted by Crippen LogP contribution is -2.40. The predicted molar refractivity (Wildman–Crippen MR) is 79.4 cm³/mol. The monoisotopic (exact) mass is 272 g/mol. The molecule has 0 spiro atoms. The fourth-order valence-electron chi connectivity index (χ4n) is 2.61. The summed E-state index contributed by atoms with van der Waals surface area (Å²) in [5, 5.41) is 3.68. The van der Waals surface area contributed by atoms with Crippen LogP contribution in [0.2, 0.25) is 0 Å². The van der Waals surface area contributed by atoms with Crippen LogP contribution in [-0.2, 0) is 4.74 Å². The van der Waals surface area contributed by atoms with Crippen LogP contribution in [0.15, 0.2) is 0 Å². The summed E-state index contributed by atoms with van der Waals surface area (Å²) in [6.45, 7) is 11.5. The molecule has 4 heteroatoms. The quantitative estimate of drug-likeness (QED) is 0.846. The summed E-state index contributed by atoms with van der Waals surface area (Å²) in [6, 6.07) is 0.691. The van der Waals surface area contributed by atoms with E-state index in [1.165, 1.54) is 44.6 Å². The van der Waals surface area contributed by atoms with Crippen LogP contribution in [0.25, 0.3) is 0 Å². The van der Waals surface area contributed by atoms with E-state index in [0.29, 0.717) is 10.8 Å². The molecule has 0 radical (unpaired) electrons. The van der Waals surface area contributed by atoms with Crippen LogP contribution in [0.3, 0.4) is 0 Å². The summed E-state index contributed by atoms with van der Waals surface area (Å²) in [4.78, 5) is 2.62. The zero-order chi connectivity index (χ0) is 12.8. The average molecular weight is 272 g/mol.